The highest BCUT2D eigenvalue weighted by atomic mass is 35.5. The number of pyridine rings is 1. The summed E-state index contributed by atoms with van der Waals surface area (Å²) in [6, 6.07) is 16.0. The van der Waals surface area contributed by atoms with Crippen LogP contribution in [0.2, 0.25) is 5.02 Å². The summed E-state index contributed by atoms with van der Waals surface area (Å²) in [5, 5.41) is 0.0594. The van der Waals surface area contributed by atoms with Gasteiger partial charge in [-0.25, -0.2) is 14.2 Å². The largest absolute Gasteiger partial charge is 0.481 e. The molecule has 2 amide bonds. The minimum absolute atomic E-state index is 0.0594. The number of hydrogen-bond acceptors (Lipinski definition) is 7. The maximum atomic E-state index is 14.4. The lowest BCUT2D eigenvalue weighted by Gasteiger charge is -2.30. The van der Waals surface area contributed by atoms with Crippen LogP contribution in [-0.2, 0) is 17.8 Å². The number of carbonyl (C=O) groups excluding carboxylic acids is 1. The molecule has 4 aromatic rings. The molecule has 2 aromatic heterocycles. The van der Waals surface area contributed by atoms with Crippen LogP contribution in [0.3, 0.4) is 0 Å². The van der Waals surface area contributed by atoms with Gasteiger partial charge in [0.15, 0.2) is 5.65 Å². The number of amides is 2. The zero-order valence-corrected chi connectivity index (χ0v) is 26.0. The Labute approximate surface area is 269 Å². The third-order valence-electron chi connectivity index (χ3n) is 8.44. The van der Waals surface area contributed by atoms with E-state index in [1.165, 1.54) is 10.5 Å². The highest BCUT2D eigenvalue weighted by Crippen LogP contribution is 2.32. The van der Waals surface area contributed by atoms with Gasteiger partial charge in [-0.15, -0.1) is 0 Å². The number of rotatable bonds is 8. The summed E-state index contributed by atoms with van der Waals surface area (Å²) in [5.41, 5.74) is 4.86. The number of ether oxygens (including phenoxy) is 2. The Morgan fingerprint density at radius 3 is 2.54 bits per heavy atom. The number of aliphatic imine (C=N–C) groups is 1. The number of hydrogen-bond donors (Lipinski definition) is 0. The first kappa shape index (κ1) is 29.9. The van der Waals surface area contributed by atoms with Crippen LogP contribution in [-0.4, -0.2) is 72.5 Å². The van der Waals surface area contributed by atoms with Crippen molar-refractivity contribution >= 4 is 40.4 Å². The number of nitrogens with zero attached hydrogens (tertiary/aromatic N) is 6. The van der Waals surface area contributed by atoms with E-state index in [0.717, 1.165) is 22.4 Å². The van der Waals surface area contributed by atoms with E-state index in [2.05, 4.69) is 9.89 Å². The number of morpholine rings is 1. The van der Waals surface area contributed by atoms with Gasteiger partial charge in [-0.3, -0.25) is 19.1 Å². The van der Waals surface area contributed by atoms with Gasteiger partial charge in [0.05, 0.1) is 35.3 Å². The molecule has 236 valence electrons. The number of allylic oxidation sites excluding steroid dienone is 1. The molecule has 0 aliphatic carbocycles. The molecule has 0 bridgehead atoms. The van der Waals surface area contributed by atoms with Gasteiger partial charge in [-0.1, -0.05) is 48.0 Å². The molecule has 2 fully saturated rings. The fourth-order valence-corrected chi connectivity index (χ4v) is 6.15. The minimum atomic E-state index is -0.473. The first-order valence-corrected chi connectivity index (χ1v) is 15.5. The molecule has 0 saturated carbocycles. The smallest absolute Gasteiger partial charge is 0.324 e. The number of likely N-dealkylation sites (N-methyl/N-ethyl adjacent to an activating group) is 1. The third-order valence-corrected chi connectivity index (χ3v) is 8.73. The molecule has 3 aliphatic heterocycles. The standard InChI is InChI=1S/C34H32ClFN6O4/c1-39-9-10-41(34(39)44)29-18-25(40-11-13-45-14-12-40)20-42-32(29)38-30(31(33(42)43)46-21-22-5-3-2-4-6-22)28-17-24(19-37-28)15-23-7-8-27(36)26(35)16-23/h2-8,16,18-20H,9-15,17,21H2,1H3. The SMILES string of the molecule is CN1CCN(c2cc(N3CCOCC3)cn3c(=O)c(OCc4ccccc4)c(C4=NC=C(Cc5ccc(F)c(Cl)c5)C4)nc23)C1=O. The average Bonchev–Trinajstić information content (AvgIpc) is 3.68. The van der Waals surface area contributed by atoms with Crippen molar-refractivity contribution in [3.63, 3.8) is 0 Å². The Kier molecular flexibility index (Phi) is 8.18. The summed E-state index contributed by atoms with van der Waals surface area (Å²) < 4.78 is 27.1. The number of fused-ring (bicyclic) bond motifs is 1. The molecular formula is C34H32ClFN6O4. The average molecular weight is 643 g/mol. The van der Waals surface area contributed by atoms with Gasteiger partial charge in [-0.2, -0.15) is 0 Å². The predicted molar refractivity (Wildman–Crippen MR) is 175 cm³/mol. The van der Waals surface area contributed by atoms with Crippen LogP contribution in [0.15, 0.2) is 82.4 Å². The zero-order chi connectivity index (χ0) is 31.8. The number of anilines is 2. The minimum Gasteiger partial charge on any atom is -0.481 e. The molecule has 3 aliphatic rings. The van der Waals surface area contributed by atoms with Crippen molar-refractivity contribution in [3.8, 4) is 5.75 Å². The molecule has 7 rings (SSSR count). The lowest BCUT2D eigenvalue weighted by molar-refractivity contribution is 0.122. The molecule has 46 heavy (non-hydrogen) atoms. The van der Waals surface area contributed by atoms with Crippen LogP contribution in [0.1, 0.15) is 23.2 Å². The van der Waals surface area contributed by atoms with E-state index in [4.69, 9.17) is 26.1 Å². The first-order valence-electron chi connectivity index (χ1n) is 15.2. The van der Waals surface area contributed by atoms with E-state index in [0.29, 0.717) is 75.0 Å². The van der Waals surface area contributed by atoms with Gasteiger partial charge in [0.25, 0.3) is 0 Å². The van der Waals surface area contributed by atoms with Crippen molar-refractivity contribution in [3.05, 3.63) is 111 Å². The van der Waals surface area contributed by atoms with Crippen molar-refractivity contribution in [2.75, 3.05) is 56.2 Å². The maximum absolute atomic E-state index is 14.4. The molecule has 2 saturated heterocycles. The van der Waals surface area contributed by atoms with E-state index in [1.807, 2.05) is 36.4 Å². The predicted octanol–water partition coefficient (Wildman–Crippen LogP) is 5.09. The molecule has 0 N–H and O–H groups in total. The van der Waals surface area contributed by atoms with Crippen molar-refractivity contribution in [2.45, 2.75) is 19.4 Å². The van der Waals surface area contributed by atoms with Crippen LogP contribution >= 0.6 is 11.6 Å². The van der Waals surface area contributed by atoms with E-state index in [9.17, 15) is 14.0 Å². The number of halogens is 2. The van der Waals surface area contributed by atoms with Crippen molar-refractivity contribution < 1.29 is 18.7 Å². The van der Waals surface area contributed by atoms with E-state index >= 15 is 0 Å². The Bertz CT molecular complexity index is 1940. The number of urea groups is 1. The Morgan fingerprint density at radius 2 is 1.80 bits per heavy atom. The summed E-state index contributed by atoms with van der Waals surface area (Å²) in [7, 11) is 1.76. The second kappa shape index (κ2) is 12.6. The van der Waals surface area contributed by atoms with Crippen LogP contribution in [0.25, 0.3) is 5.65 Å². The topological polar surface area (TPSA) is 92.0 Å². The first-order chi connectivity index (χ1) is 22.4. The normalized spacial score (nSPS) is 16.8. The van der Waals surface area contributed by atoms with E-state index in [1.54, 1.807) is 41.4 Å². The highest BCUT2D eigenvalue weighted by Gasteiger charge is 2.32. The Balaban J connectivity index is 1.32. The summed E-state index contributed by atoms with van der Waals surface area (Å²) in [4.78, 5) is 42.9. The highest BCUT2D eigenvalue weighted by molar-refractivity contribution is 6.30. The molecular weight excluding hydrogens is 611 g/mol. The number of aromatic nitrogens is 2. The summed E-state index contributed by atoms with van der Waals surface area (Å²) >= 11 is 6.02. The molecule has 12 heteroatoms. The number of benzene rings is 2. The molecule has 0 atom stereocenters. The van der Waals surface area contributed by atoms with E-state index < -0.39 is 11.4 Å². The quantitative estimate of drug-likeness (QED) is 0.266. The molecule has 2 aromatic carbocycles. The van der Waals surface area contributed by atoms with Gasteiger partial charge in [0.1, 0.15) is 18.1 Å². The number of carbonyl (C=O) groups is 1. The third kappa shape index (κ3) is 5.83. The second-order valence-corrected chi connectivity index (χ2v) is 12.0. The van der Waals surface area contributed by atoms with Crippen molar-refractivity contribution in [1.82, 2.24) is 14.3 Å². The van der Waals surface area contributed by atoms with Gasteiger partial charge in [-0.05, 0) is 41.3 Å². The van der Waals surface area contributed by atoms with Gasteiger partial charge < -0.3 is 19.3 Å². The summed E-state index contributed by atoms with van der Waals surface area (Å²) in [6.45, 7) is 3.61. The fourth-order valence-electron chi connectivity index (χ4n) is 5.95. The summed E-state index contributed by atoms with van der Waals surface area (Å²) in [6.07, 6.45) is 4.42. The molecule has 10 nitrogen and oxygen atoms in total. The summed E-state index contributed by atoms with van der Waals surface area (Å²) in [5.74, 6) is -0.395. The molecule has 0 spiro atoms. The van der Waals surface area contributed by atoms with E-state index in [-0.39, 0.29) is 23.4 Å². The van der Waals surface area contributed by atoms with Crippen LogP contribution < -0.4 is 20.1 Å². The maximum Gasteiger partial charge on any atom is 0.324 e. The van der Waals surface area contributed by atoms with Gasteiger partial charge >= 0.3 is 11.6 Å². The van der Waals surface area contributed by atoms with Gasteiger partial charge in [0.2, 0.25) is 5.75 Å². The second-order valence-electron chi connectivity index (χ2n) is 11.6. The Hall–Kier alpha value is -4.74. The zero-order valence-electron chi connectivity index (χ0n) is 25.3. The Morgan fingerprint density at radius 1 is 1.00 bits per heavy atom. The van der Waals surface area contributed by atoms with Gasteiger partial charge in [0, 0.05) is 52.0 Å². The molecule has 0 unspecified atom stereocenters. The molecule has 5 heterocycles. The van der Waals surface area contributed by atoms with Crippen LogP contribution in [0.4, 0.5) is 20.6 Å². The lowest BCUT2D eigenvalue weighted by atomic mass is 10.0. The fraction of sp³-hybridized carbons (Fsp3) is 0.294. The van der Waals surface area contributed by atoms with Crippen LogP contribution in [0, 0.1) is 5.82 Å². The monoisotopic (exact) mass is 642 g/mol. The van der Waals surface area contributed by atoms with Crippen LogP contribution in [0.5, 0.6) is 5.75 Å². The van der Waals surface area contributed by atoms with Crippen molar-refractivity contribution in [2.24, 2.45) is 4.99 Å². The lowest BCUT2D eigenvalue weighted by Crippen LogP contribution is -2.37. The van der Waals surface area contributed by atoms with Crippen molar-refractivity contribution in [1.29, 1.82) is 0 Å². The molecule has 0 radical (unpaired) electrons.